The smallest absolute Gasteiger partial charge is 0.170 e. The minimum absolute atomic E-state index is 0.353. The number of aromatic nitrogens is 2. The summed E-state index contributed by atoms with van der Waals surface area (Å²) in [5.41, 5.74) is 2.03. The molecule has 0 spiro atoms. The van der Waals surface area contributed by atoms with E-state index in [0.717, 1.165) is 11.3 Å². The van der Waals surface area contributed by atoms with Crippen LogP contribution < -0.4 is 0 Å². The molecule has 0 radical (unpaired) electrons. The lowest BCUT2D eigenvalue weighted by Crippen LogP contribution is -1.91. The van der Waals surface area contributed by atoms with Gasteiger partial charge in [0.25, 0.3) is 0 Å². The fraction of sp³-hybridized carbons (Fsp3) is 0. The maximum absolute atomic E-state index is 10.5. The average molecular weight is 184 g/mol. The van der Waals surface area contributed by atoms with Gasteiger partial charge in [-0.2, -0.15) is 0 Å². The van der Waals surface area contributed by atoms with Crippen molar-refractivity contribution in [2.24, 2.45) is 0 Å². The zero-order valence-corrected chi connectivity index (χ0v) is 7.42. The molecule has 2 aromatic rings. The molecule has 0 aliphatic carbocycles. The van der Waals surface area contributed by atoms with Crippen LogP contribution in [0.25, 0.3) is 11.3 Å². The molecule has 0 saturated heterocycles. The van der Waals surface area contributed by atoms with Crippen molar-refractivity contribution < 1.29 is 4.79 Å². The summed E-state index contributed by atoms with van der Waals surface area (Å²) >= 11 is 0. The SMILES string of the molecule is O=Cc1cncc(-c2ccccc2)n1. The average Bonchev–Trinajstić information content (AvgIpc) is 2.30. The Balaban J connectivity index is 2.47. The highest BCUT2D eigenvalue weighted by molar-refractivity contribution is 5.72. The normalized spacial score (nSPS) is 9.71. The first-order chi connectivity index (χ1) is 6.90. The Hall–Kier alpha value is -2.03. The highest BCUT2D eigenvalue weighted by Crippen LogP contribution is 2.14. The largest absolute Gasteiger partial charge is 0.296 e. The van der Waals surface area contributed by atoms with Crippen LogP contribution in [0.15, 0.2) is 42.7 Å². The van der Waals surface area contributed by atoms with Crippen LogP contribution in [-0.2, 0) is 0 Å². The summed E-state index contributed by atoms with van der Waals surface area (Å²) in [6.07, 6.45) is 3.78. The first-order valence-corrected chi connectivity index (χ1v) is 4.23. The number of benzene rings is 1. The molecule has 0 N–H and O–H groups in total. The summed E-state index contributed by atoms with van der Waals surface area (Å²) in [4.78, 5) is 18.6. The van der Waals surface area contributed by atoms with Crippen molar-refractivity contribution in [3.8, 4) is 11.3 Å². The van der Waals surface area contributed by atoms with Gasteiger partial charge < -0.3 is 0 Å². The number of hydrogen-bond donors (Lipinski definition) is 0. The number of carbonyl (C=O) groups is 1. The van der Waals surface area contributed by atoms with Crippen LogP contribution in [0.2, 0.25) is 0 Å². The van der Waals surface area contributed by atoms with Gasteiger partial charge >= 0.3 is 0 Å². The van der Waals surface area contributed by atoms with Gasteiger partial charge in [0, 0.05) is 5.56 Å². The van der Waals surface area contributed by atoms with Crippen molar-refractivity contribution in [2.75, 3.05) is 0 Å². The second kappa shape index (κ2) is 3.79. The molecule has 68 valence electrons. The molecule has 1 aromatic heterocycles. The molecule has 0 aliphatic heterocycles. The minimum Gasteiger partial charge on any atom is -0.296 e. The molecule has 3 heteroatoms. The minimum atomic E-state index is 0.353. The van der Waals surface area contributed by atoms with E-state index in [1.807, 2.05) is 30.3 Å². The van der Waals surface area contributed by atoms with Gasteiger partial charge in [0.2, 0.25) is 0 Å². The fourth-order valence-electron chi connectivity index (χ4n) is 1.19. The maximum atomic E-state index is 10.5. The molecular formula is C11H8N2O. The van der Waals surface area contributed by atoms with Crippen LogP contribution in [0, 0.1) is 0 Å². The number of nitrogens with zero attached hydrogens (tertiary/aromatic N) is 2. The van der Waals surface area contributed by atoms with Crippen LogP contribution in [0.5, 0.6) is 0 Å². The highest BCUT2D eigenvalue weighted by atomic mass is 16.1. The quantitative estimate of drug-likeness (QED) is 0.670. The third-order valence-corrected chi connectivity index (χ3v) is 1.84. The summed E-state index contributed by atoms with van der Waals surface area (Å²) in [5.74, 6) is 0. The molecule has 0 aliphatic rings. The zero-order valence-electron chi connectivity index (χ0n) is 7.42. The van der Waals surface area contributed by atoms with Gasteiger partial charge in [-0.15, -0.1) is 0 Å². The van der Waals surface area contributed by atoms with Gasteiger partial charge in [-0.05, 0) is 0 Å². The Bertz CT molecular complexity index is 440. The van der Waals surface area contributed by atoms with Gasteiger partial charge in [-0.3, -0.25) is 9.78 Å². The van der Waals surface area contributed by atoms with Gasteiger partial charge in [0.1, 0.15) is 5.69 Å². The predicted octanol–water partition coefficient (Wildman–Crippen LogP) is 1.96. The molecule has 3 nitrogen and oxygen atoms in total. The zero-order chi connectivity index (χ0) is 9.80. The van der Waals surface area contributed by atoms with Crippen molar-refractivity contribution in [3.05, 3.63) is 48.4 Å². The molecule has 0 saturated carbocycles. The monoisotopic (exact) mass is 184 g/mol. The molecule has 0 unspecified atom stereocenters. The van der Waals surface area contributed by atoms with Crippen molar-refractivity contribution in [2.45, 2.75) is 0 Å². The van der Waals surface area contributed by atoms with E-state index in [-0.39, 0.29) is 0 Å². The van der Waals surface area contributed by atoms with E-state index in [4.69, 9.17) is 0 Å². The molecule has 0 amide bonds. The van der Waals surface area contributed by atoms with E-state index in [1.165, 1.54) is 6.20 Å². The summed E-state index contributed by atoms with van der Waals surface area (Å²) < 4.78 is 0. The summed E-state index contributed by atoms with van der Waals surface area (Å²) in [7, 11) is 0. The van der Waals surface area contributed by atoms with Gasteiger partial charge in [0.15, 0.2) is 6.29 Å². The molecule has 1 heterocycles. The fourth-order valence-corrected chi connectivity index (χ4v) is 1.19. The lowest BCUT2D eigenvalue weighted by Gasteiger charge is -1.99. The Morgan fingerprint density at radius 1 is 1.07 bits per heavy atom. The van der Waals surface area contributed by atoms with E-state index in [1.54, 1.807) is 6.20 Å². The van der Waals surface area contributed by atoms with E-state index < -0.39 is 0 Å². The van der Waals surface area contributed by atoms with E-state index >= 15 is 0 Å². The molecule has 0 atom stereocenters. The summed E-state index contributed by atoms with van der Waals surface area (Å²) in [6, 6.07) is 9.63. The number of rotatable bonds is 2. The van der Waals surface area contributed by atoms with Gasteiger partial charge in [-0.1, -0.05) is 30.3 Å². The first kappa shape index (κ1) is 8.56. The predicted molar refractivity (Wildman–Crippen MR) is 52.9 cm³/mol. The Morgan fingerprint density at radius 3 is 2.57 bits per heavy atom. The molecule has 0 bridgehead atoms. The van der Waals surface area contributed by atoms with E-state index in [0.29, 0.717) is 12.0 Å². The highest BCUT2D eigenvalue weighted by Gasteiger charge is 1.99. The van der Waals surface area contributed by atoms with Crippen LogP contribution in [0.1, 0.15) is 10.5 Å². The lowest BCUT2D eigenvalue weighted by atomic mass is 10.2. The third kappa shape index (κ3) is 1.66. The lowest BCUT2D eigenvalue weighted by molar-refractivity contribution is 0.111. The van der Waals surface area contributed by atoms with Gasteiger partial charge in [0.05, 0.1) is 18.1 Å². The standard InChI is InChI=1S/C11H8N2O/c14-8-10-6-12-7-11(13-10)9-4-2-1-3-5-9/h1-8H. The van der Waals surface area contributed by atoms with Crippen molar-refractivity contribution >= 4 is 6.29 Å². The van der Waals surface area contributed by atoms with Gasteiger partial charge in [-0.25, -0.2) is 4.98 Å². The van der Waals surface area contributed by atoms with Crippen LogP contribution in [-0.4, -0.2) is 16.3 Å². The van der Waals surface area contributed by atoms with Crippen molar-refractivity contribution in [3.63, 3.8) is 0 Å². The second-order valence-electron chi connectivity index (χ2n) is 2.81. The Labute approximate surface area is 81.5 Å². The van der Waals surface area contributed by atoms with Crippen LogP contribution >= 0.6 is 0 Å². The number of aldehydes is 1. The van der Waals surface area contributed by atoms with Crippen molar-refractivity contribution in [1.29, 1.82) is 0 Å². The van der Waals surface area contributed by atoms with E-state index in [2.05, 4.69) is 9.97 Å². The third-order valence-electron chi connectivity index (χ3n) is 1.84. The molecular weight excluding hydrogens is 176 g/mol. The number of hydrogen-bond acceptors (Lipinski definition) is 3. The Morgan fingerprint density at radius 2 is 1.86 bits per heavy atom. The topological polar surface area (TPSA) is 42.9 Å². The number of carbonyl (C=O) groups excluding carboxylic acids is 1. The molecule has 1 aromatic carbocycles. The first-order valence-electron chi connectivity index (χ1n) is 4.23. The summed E-state index contributed by atoms with van der Waals surface area (Å²) in [6.45, 7) is 0. The Kier molecular flexibility index (Phi) is 2.32. The summed E-state index contributed by atoms with van der Waals surface area (Å²) in [5, 5.41) is 0. The maximum Gasteiger partial charge on any atom is 0.170 e. The molecule has 0 fully saturated rings. The van der Waals surface area contributed by atoms with E-state index in [9.17, 15) is 4.79 Å². The van der Waals surface area contributed by atoms with Crippen LogP contribution in [0.3, 0.4) is 0 Å². The second-order valence-corrected chi connectivity index (χ2v) is 2.81. The van der Waals surface area contributed by atoms with Crippen molar-refractivity contribution in [1.82, 2.24) is 9.97 Å². The van der Waals surface area contributed by atoms with Crippen LogP contribution in [0.4, 0.5) is 0 Å². The molecule has 2 rings (SSSR count). The molecule has 14 heavy (non-hydrogen) atoms.